The van der Waals surface area contributed by atoms with Gasteiger partial charge in [0.2, 0.25) is 0 Å². The van der Waals surface area contributed by atoms with Gasteiger partial charge in [0.1, 0.15) is 0 Å². The molecular weight excluding hydrogens is 170 g/mol. The van der Waals surface area contributed by atoms with Crippen molar-refractivity contribution in [3.05, 3.63) is 35.4 Å². The Labute approximate surface area is 86.7 Å². The van der Waals surface area contributed by atoms with Crippen LogP contribution in [0.5, 0.6) is 0 Å². The summed E-state index contributed by atoms with van der Waals surface area (Å²) in [6.45, 7) is 9.24. The van der Waals surface area contributed by atoms with E-state index in [0.717, 1.165) is 6.54 Å². The number of nitrogens with zero attached hydrogens (tertiary/aromatic N) is 1. The van der Waals surface area contributed by atoms with E-state index in [-0.39, 0.29) is 5.54 Å². The molecule has 0 atom stereocenters. The minimum atomic E-state index is 0.212. The molecule has 1 aromatic carbocycles. The highest BCUT2D eigenvalue weighted by Gasteiger charge is 2.32. The minimum Gasteiger partial charge on any atom is -0.294 e. The molecule has 1 heterocycles. The number of benzene rings is 1. The molecule has 0 aliphatic carbocycles. The molecule has 2 rings (SSSR count). The summed E-state index contributed by atoms with van der Waals surface area (Å²) in [6.07, 6.45) is 1.20. The van der Waals surface area contributed by atoms with Crippen molar-refractivity contribution < 1.29 is 0 Å². The van der Waals surface area contributed by atoms with Gasteiger partial charge in [-0.3, -0.25) is 4.90 Å². The van der Waals surface area contributed by atoms with Gasteiger partial charge in [0, 0.05) is 12.1 Å². The molecule has 0 unspecified atom stereocenters. The first-order chi connectivity index (χ1) is 6.66. The third-order valence-corrected chi connectivity index (χ3v) is 3.50. The van der Waals surface area contributed by atoms with Crippen LogP contribution in [0.25, 0.3) is 0 Å². The molecular formula is C13H19N. The van der Waals surface area contributed by atoms with Crippen LogP contribution in [0.1, 0.15) is 31.9 Å². The lowest BCUT2D eigenvalue weighted by atomic mass is 9.83. The predicted molar refractivity (Wildman–Crippen MR) is 60.4 cm³/mol. The molecule has 0 amide bonds. The second-order valence-electron chi connectivity index (χ2n) is 4.55. The Morgan fingerprint density at radius 1 is 1.29 bits per heavy atom. The molecule has 14 heavy (non-hydrogen) atoms. The first kappa shape index (κ1) is 9.72. The summed E-state index contributed by atoms with van der Waals surface area (Å²) < 4.78 is 0. The van der Waals surface area contributed by atoms with Crippen LogP contribution >= 0.6 is 0 Å². The quantitative estimate of drug-likeness (QED) is 0.656. The molecule has 1 heteroatoms. The lowest BCUT2D eigenvalue weighted by Gasteiger charge is -2.43. The molecule has 1 aromatic rings. The van der Waals surface area contributed by atoms with Gasteiger partial charge in [-0.1, -0.05) is 31.2 Å². The molecule has 0 N–H and O–H groups in total. The summed E-state index contributed by atoms with van der Waals surface area (Å²) in [5.74, 6) is 0. The Morgan fingerprint density at radius 3 is 2.71 bits per heavy atom. The topological polar surface area (TPSA) is 3.24 Å². The van der Waals surface area contributed by atoms with Crippen LogP contribution in [0.15, 0.2) is 24.3 Å². The number of rotatable bonds is 1. The van der Waals surface area contributed by atoms with Gasteiger partial charge in [-0.05, 0) is 37.9 Å². The average Bonchev–Trinajstić information content (AvgIpc) is 2.18. The second-order valence-corrected chi connectivity index (χ2v) is 4.55. The molecule has 0 spiro atoms. The summed E-state index contributed by atoms with van der Waals surface area (Å²) in [5, 5.41) is 0. The van der Waals surface area contributed by atoms with Crippen LogP contribution in [-0.2, 0) is 12.0 Å². The third-order valence-electron chi connectivity index (χ3n) is 3.50. The fourth-order valence-corrected chi connectivity index (χ4v) is 2.59. The van der Waals surface area contributed by atoms with Crippen LogP contribution in [0.3, 0.4) is 0 Å². The van der Waals surface area contributed by atoms with Crippen molar-refractivity contribution in [1.82, 2.24) is 4.90 Å². The fourth-order valence-electron chi connectivity index (χ4n) is 2.59. The minimum absolute atomic E-state index is 0.212. The average molecular weight is 189 g/mol. The number of hydrogen-bond donors (Lipinski definition) is 0. The zero-order valence-electron chi connectivity index (χ0n) is 9.38. The smallest absolute Gasteiger partial charge is 0.0407 e. The molecule has 76 valence electrons. The lowest BCUT2D eigenvalue weighted by molar-refractivity contribution is 0.115. The molecule has 0 saturated carbocycles. The Balaban J connectivity index is 2.46. The fraction of sp³-hybridized carbons (Fsp3) is 0.538. The van der Waals surface area contributed by atoms with E-state index in [9.17, 15) is 0 Å². The van der Waals surface area contributed by atoms with E-state index in [2.05, 4.69) is 49.9 Å². The molecule has 0 aromatic heterocycles. The maximum Gasteiger partial charge on any atom is 0.0407 e. The van der Waals surface area contributed by atoms with Crippen LogP contribution < -0.4 is 0 Å². The van der Waals surface area contributed by atoms with Gasteiger partial charge >= 0.3 is 0 Å². The predicted octanol–water partition coefficient (Wildman–Crippen LogP) is 2.80. The summed E-state index contributed by atoms with van der Waals surface area (Å²) in [4.78, 5) is 2.55. The van der Waals surface area contributed by atoms with E-state index >= 15 is 0 Å². The van der Waals surface area contributed by atoms with Crippen molar-refractivity contribution in [3.8, 4) is 0 Å². The summed E-state index contributed by atoms with van der Waals surface area (Å²) >= 11 is 0. The molecule has 0 saturated heterocycles. The monoisotopic (exact) mass is 189 g/mol. The normalized spacial score (nSPS) is 20.5. The van der Waals surface area contributed by atoms with Crippen LogP contribution in [0.2, 0.25) is 0 Å². The van der Waals surface area contributed by atoms with Crippen molar-refractivity contribution >= 4 is 0 Å². The zero-order valence-corrected chi connectivity index (χ0v) is 9.38. The maximum absolute atomic E-state index is 2.55. The highest BCUT2D eigenvalue weighted by molar-refractivity contribution is 5.35. The van der Waals surface area contributed by atoms with Gasteiger partial charge in [0.25, 0.3) is 0 Å². The maximum atomic E-state index is 2.55. The van der Waals surface area contributed by atoms with Gasteiger partial charge < -0.3 is 0 Å². The Morgan fingerprint density at radius 2 is 2.00 bits per heavy atom. The number of fused-ring (bicyclic) bond motifs is 1. The molecule has 0 radical (unpaired) electrons. The van der Waals surface area contributed by atoms with Crippen LogP contribution in [0.4, 0.5) is 0 Å². The van der Waals surface area contributed by atoms with E-state index in [4.69, 9.17) is 0 Å². The Hall–Kier alpha value is -0.820. The second kappa shape index (κ2) is 3.39. The van der Waals surface area contributed by atoms with Crippen molar-refractivity contribution in [1.29, 1.82) is 0 Å². The SMILES string of the molecule is CCN1CCc2ccccc2C1(C)C. The first-order valence-corrected chi connectivity index (χ1v) is 5.49. The van der Waals surface area contributed by atoms with Gasteiger partial charge in [0.15, 0.2) is 0 Å². The van der Waals surface area contributed by atoms with E-state index in [1.807, 2.05) is 0 Å². The van der Waals surface area contributed by atoms with Crippen molar-refractivity contribution in [3.63, 3.8) is 0 Å². The summed E-state index contributed by atoms with van der Waals surface area (Å²) in [7, 11) is 0. The van der Waals surface area contributed by atoms with E-state index in [0.29, 0.717) is 0 Å². The molecule has 0 fully saturated rings. The number of hydrogen-bond acceptors (Lipinski definition) is 1. The first-order valence-electron chi connectivity index (χ1n) is 5.49. The van der Waals surface area contributed by atoms with Crippen molar-refractivity contribution in [2.45, 2.75) is 32.7 Å². The Kier molecular flexibility index (Phi) is 2.36. The third kappa shape index (κ3) is 1.36. The largest absolute Gasteiger partial charge is 0.294 e. The highest BCUT2D eigenvalue weighted by atomic mass is 15.2. The van der Waals surface area contributed by atoms with Gasteiger partial charge in [-0.25, -0.2) is 0 Å². The van der Waals surface area contributed by atoms with Crippen LogP contribution in [-0.4, -0.2) is 18.0 Å². The van der Waals surface area contributed by atoms with Crippen molar-refractivity contribution in [2.24, 2.45) is 0 Å². The molecule has 1 nitrogen and oxygen atoms in total. The van der Waals surface area contributed by atoms with E-state index < -0.39 is 0 Å². The van der Waals surface area contributed by atoms with Gasteiger partial charge in [-0.15, -0.1) is 0 Å². The van der Waals surface area contributed by atoms with E-state index in [1.54, 1.807) is 0 Å². The summed E-state index contributed by atoms with van der Waals surface area (Å²) in [5.41, 5.74) is 3.25. The van der Waals surface area contributed by atoms with E-state index in [1.165, 1.54) is 24.1 Å². The Bertz CT molecular complexity index is 328. The standard InChI is InChI=1S/C13H19N/c1-4-14-10-9-11-7-5-6-8-12(11)13(14,2)3/h5-8H,4,9-10H2,1-3H3. The van der Waals surface area contributed by atoms with Gasteiger partial charge in [0.05, 0.1) is 0 Å². The lowest BCUT2D eigenvalue weighted by Crippen LogP contribution is -2.46. The summed E-state index contributed by atoms with van der Waals surface area (Å²) in [6, 6.07) is 8.84. The highest BCUT2D eigenvalue weighted by Crippen LogP contribution is 2.34. The van der Waals surface area contributed by atoms with Crippen LogP contribution in [0, 0.1) is 0 Å². The molecule has 1 aliphatic heterocycles. The number of likely N-dealkylation sites (N-methyl/N-ethyl adjacent to an activating group) is 1. The van der Waals surface area contributed by atoms with Crippen molar-refractivity contribution in [2.75, 3.05) is 13.1 Å². The van der Waals surface area contributed by atoms with Gasteiger partial charge in [-0.2, -0.15) is 0 Å². The molecule has 1 aliphatic rings. The molecule has 0 bridgehead atoms. The zero-order chi connectivity index (χ0) is 10.2.